The van der Waals surface area contributed by atoms with Crippen molar-refractivity contribution >= 4 is 38.9 Å². The lowest BCUT2D eigenvalue weighted by Gasteiger charge is -2.28. The van der Waals surface area contributed by atoms with Gasteiger partial charge in [-0.25, -0.2) is 8.42 Å². The number of hydrogen-bond donors (Lipinski definition) is 0. The lowest BCUT2D eigenvalue weighted by atomic mass is 10.1. The van der Waals surface area contributed by atoms with Gasteiger partial charge < -0.3 is 9.80 Å². The van der Waals surface area contributed by atoms with Gasteiger partial charge in [-0.1, -0.05) is 17.7 Å². The molecule has 0 radical (unpaired) electrons. The fourth-order valence-electron chi connectivity index (χ4n) is 2.79. The molecule has 0 N–H and O–H groups in total. The Morgan fingerprint density at radius 3 is 2.54 bits per heavy atom. The summed E-state index contributed by atoms with van der Waals surface area (Å²) in [7, 11) is -1.49. The second-order valence-corrected chi connectivity index (χ2v) is 8.69. The zero-order valence-corrected chi connectivity index (χ0v) is 15.5. The number of halogens is 1. The van der Waals surface area contributed by atoms with Crippen LogP contribution in [0.2, 0.25) is 5.02 Å². The van der Waals surface area contributed by atoms with Gasteiger partial charge in [-0.15, -0.1) is 0 Å². The maximum Gasteiger partial charge on any atom is 0.242 e. The standard InChI is InChI=1S/C16H21ClN2O4S/c1-11-14(17)5-4-6-15(11)19(12(2)20)9-16(21)18(3)13-7-8-24(22,23)10-13/h4-6,13H,7-10H2,1-3H3. The van der Waals surface area contributed by atoms with Gasteiger partial charge in [0.15, 0.2) is 9.84 Å². The van der Waals surface area contributed by atoms with Gasteiger partial charge in [-0.3, -0.25) is 9.59 Å². The molecule has 1 heterocycles. The van der Waals surface area contributed by atoms with Crippen LogP contribution >= 0.6 is 11.6 Å². The fourth-order valence-corrected chi connectivity index (χ4v) is 4.73. The maximum atomic E-state index is 12.5. The molecule has 1 saturated heterocycles. The molecular weight excluding hydrogens is 352 g/mol. The summed E-state index contributed by atoms with van der Waals surface area (Å²) in [6.45, 7) is 3.02. The fraction of sp³-hybridized carbons (Fsp3) is 0.500. The van der Waals surface area contributed by atoms with Crippen LogP contribution in [-0.2, 0) is 19.4 Å². The van der Waals surface area contributed by atoms with Crippen molar-refractivity contribution in [3.8, 4) is 0 Å². The van der Waals surface area contributed by atoms with Crippen LogP contribution in [0.4, 0.5) is 5.69 Å². The van der Waals surface area contributed by atoms with Crippen LogP contribution in [0.1, 0.15) is 18.9 Å². The molecule has 1 aromatic rings. The number of rotatable bonds is 4. The largest absolute Gasteiger partial charge is 0.340 e. The molecule has 24 heavy (non-hydrogen) atoms. The van der Waals surface area contributed by atoms with E-state index in [1.165, 1.54) is 16.7 Å². The average molecular weight is 373 g/mol. The number of anilines is 1. The number of carbonyl (C=O) groups excluding carboxylic acids is 2. The lowest BCUT2D eigenvalue weighted by Crippen LogP contribution is -2.45. The molecule has 1 unspecified atom stereocenters. The second-order valence-electron chi connectivity index (χ2n) is 6.05. The zero-order chi connectivity index (χ0) is 18.1. The quantitative estimate of drug-likeness (QED) is 0.805. The van der Waals surface area contributed by atoms with Gasteiger partial charge in [0.1, 0.15) is 6.54 Å². The Bertz CT molecular complexity index is 763. The van der Waals surface area contributed by atoms with Crippen molar-refractivity contribution < 1.29 is 18.0 Å². The van der Waals surface area contributed by atoms with Crippen molar-refractivity contribution in [2.75, 3.05) is 30.0 Å². The van der Waals surface area contributed by atoms with Crippen molar-refractivity contribution in [2.45, 2.75) is 26.3 Å². The molecule has 1 atom stereocenters. The zero-order valence-electron chi connectivity index (χ0n) is 14.0. The molecule has 8 heteroatoms. The molecule has 1 fully saturated rings. The van der Waals surface area contributed by atoms with Gasteiger partial charge >= 0.3 is 0 Å². The van der Waals surface area contributed by atoms with Gasteiger partial charge in [-0.05, 0) is 31.0 Å². The number of hydrogen-bond acceptors (Lipinski definition) is 4. The van der Waals surface area contributed by atoms with Crippen LogP contribution < -0.4 is 4.90 Å². The van der Waals surface area contributed by atoms with Gasteiger partial charge in [0.25, 0.3) is 0 Å². The number of amides is 2. The Labute approximate surface area is 147 Å². The number of benzene rings is 1. The minimum atomic E-state index is -3.08. The summed E-state index contributed by atoms with van der Waals surface area (Å²) in [5, 5.41) is 0.515. The molecule has 0 aliphatic carbocycles. The van der Waals surface area contributed by atoms with Gasteiger partial charge in [0.2, 0.25) is 11.8 Å². The van der Waals surface area contributed by atoms with Crippen molar-refractivity contribution in [1.29, 1.82) is 0 Å². The van der Waals surface area contributed by atoms with Crippen molar-refractivity contribution in [2.24, 2.45) is 0 Å². The Morgan fingerprint density at radius 1 is 1.33 bits per heavy atom. The molecule has 132 valence electrons. The first-order chi connectivity index (χ1) is 11.1. The van der Waals surface area contributed by atoms with Crippen LogP contribution in [0.5, 0.6) is 0 Å². The van der Waals surface area contributed by atoms with Gasteiger partial charge in [-0.2, -0.15) is 0 Å². The Morgan fingerprint density at radius 2 is 2.00 bits per heavy atom. The number of sulfone groups is 1. The van der Waals surface area contributed by atoms with E-state index in [-0.39, 0.29) is 35.9 Å². The smallest absolute Gasteiger partial charge is 0.242 e. The number of carbonyl (C=O) groups is 2. The monoisotopic (exact) mass is 372 g/mol. The maximum absolute atomic E-state index is 12.5. The summed E-state index contributed by atoms with van der Waals surface area (Å²) < 4.78 is 23.2. The minimum Gasteiger partial charge on any atom is -0.340 e. The van der Waals surface area contributed by atoms with Crippen LogP contribution in [0.15, 0.2) is 18.2 Å². The van der Waals surface area contributed by atoms with Crippen LogP contribution in [0.3, 0.4) is 0 Å². The van der Waals surface area contributed by atoms with Crippen LogP contribution in [0, 0.1) is 6.92 Å². The summed E-state index contributed by atoms with van der Waals surface area (Å²) in [6, 6.07) is 4.83. The van der Waals surface area contributed by atoms with E-state index in [0.717, 1.165) is 0 Å². The third-order valence-electron chi connectivity index (χ3n) is 4.35. The summed E-state index contributed by atoms with van der Waals surface area (Å²) >= 11 is 6.10. The first kappa shape index (κ1) is 18.7. The predicted octanol–water partition coefficient (Wildman–Crippen LogP) is 1.65. The Kier molecular flexibility index (Phi) is 5.55. The molecule has 1 aliphatic heterocycles. The predicted molar refractivity (Wildman–Crippen MR) is 94.0 cm³/mol. The topological polar surface area (TPSA) is 74.8 Å². The van der Waals surface area contributed by atoms with E-state index >= 15 is 0 Å². The lowest BCUT2D eigenvalue weighted by molar-refractivity contribution is -0.131. The van der Waals surface area contributed by atoms with Crippen molar-refractivity contribution in [3.05, 3.63) is 28.8 Å². The highest BCUT2D eigenvalue weighted by Gasteiger charge is 2.33. The van der Waals surface area contributed by atoms with E-state index in [1.54, 1.807) is 32.2 Å². The van der Waals surface area contributed by atoms with Crippen LogP contribution in [0.25, 0.3) is 0 Å². The molecule has 1 aromatic carbocycles. The van der Waals surface area contributed by atoms with Crippen LogP contribution in [-0.4, -0.2) is 56.3 Å². The van der Waals surface area contributed by atoms with Crippen molar-refractivity contribution in [1.82, 2.24) is 4.90 Å². The molecule has 0 spiro atoms. The van der Waals surface area contributed by atoms with Crippen molar-refractivity contribution in [3.63, 3.8) is 0 Å². The summed E-state index contributed by atoms with van der Waals surface area (Å²) in [5.41, 5.74) is 1.30. The molecule has 2 rings (SSSR count). The highest BCUT2D eigenvalue weighted by molar-refractivity contribution is 7.91. The summed E-state index contributed by atoms with van der Waals surface area (Å²) in [4.78, 5) is 27.3. The molecule has 0 saturated carbocycles. The third-order valence-corrected chi connectivity index (χ3v) is 6.51. The summed E-state index contributed by atoms with van der Waals surface area (Å²) in [5.74, 6) is -0.502. The van der Waals surface area contributed by atoms with E-state index in [4.69, 9.17) is 11.6 Å². The van der Waals surface area contributed by atoms with E-state index in [0.29, 0.717) is 22.7 Å². The molecule has 0 aromatic heterocycles. The molecule has 6 nitrogen and oxygen atoms in total. The average Bonchev–Trinajstić information content (AvgIpc) is 2.87. The van der Waals surface area contributed by atoms with E-state index < -0.39 is 9.84 Å². The third kappa shape index (κ3) is 4.08. The first-order valence-corrected chi connectivity index (χ1v) is 9.81. The Balaban J connectivity index is 2.17. The summed E-state index contributed by atoms with van der Waals surface area (Å²) in [6.07, 6.45) is 0.431. The molecular formula is C16H21ClN2O4S. The minimum absolute atomic E-state index is 0.0223. The number of likely N-dealkylation sites (N-methyl/N-ethyl adjacent to an activating group) is 1. The second kappa shape index (κ2) is 7.11. The Hall–Kier alpha value is -1.60. The molecule has 2 amide bonds. The first-order valence-electron chi connectivity index (χ1n) is 7.61. The molecule has 0 bridgehead atoms. The SMILES string of the molecule is CC(=O)N(CC(=O)N(C)C1CCS(=O)(=O)C1)c1cccc(Cl)c1C. The van der Waals surface area contributed by atoms with E-state index in [1.807, 2.05) is 0 Å². The van der Waals surface area contributed by atoms with Gasteiger partial charge in [0, 0.05) is 30.7 Å². The number of nitrogens with zero attached hydrogens (tertiary/aromatic N) is 2. The highest BCUT2D eigenvalue weighted by atomic mass is 35.5. The molecule has 1 aliphatic rings. The van der Waals surface area contributed by atoms with Gasteiger partial charge in [0.05, 0.1) is 11.5 Å². The highest BCUT2D eigenvalue weighted by Crippen LogP contribution is 2.27. The van der Waals surface area contributed by atoms with E-state index in [9.17, 15) is 18.0 Å². The van der Waals surface area contributed by atoms with E-state index in [2.05, 4.69) is 0 Å². The normalized spacial score (nSPS) is 19.1.